The van der Waals surface area contributed by atoms with Crippen LogP contribution in [0.5, 0.6) is 0 Å². The van der Waals surface area contributed by atoms with E-state index >= 15 is 0 Å². The summed E-state index contributed by atoms with van der Waals surface area (Å²) in [6.07, 6.45) is 1.82. The molecule has 0 atom stereocenters. The van der Waals surface area contributed by atoms with Gasteiger partial charge in [0.05, 0.1) is 11.4 Å². The molecule has 1 aromatic carbocycles. The summed E-state index contributed by atoms with van der Waals surface area (Å²) in [5.41, 5.74) is 11.0. The maximum atomic E-state index is 5.61. The third-order valence-corrected chi connectivity index (χ3v) is 3.99. The maximum absolute atomic E-state index is 5.61. The minimum Gasteiger partial charge on any atom is -0.326 e. The van der Waals surface area contributed by atoms with E-state index in [-0.39, 0.29) is 0 Å². The second kappa shape index (κ2) is 5.53. The molecule has 4 heteroatoms. The fraction of sp³-hybridized carbons (Fsp3) is 0.125. The van der Waals surface area contributed by atoms with Gasteiger partial charge in [0.1, 0.15) is 5.01 Å². The Morgan fingerprint density at radius 3 is 2.60 bits per heavy atom. The van der Waals surface area contributed by atoms with Gasteiger partial charge in [-0.25, -0.2) is 4.98 Å². The summed E-state index contributed by atoms with van der Waals surface area (Å²) in [6, 6.07) is 12.2. The molecule has 0 bridgehead atoms. The highest BCUT2D eigenvalue weighted by molar-refractivity contribution is 7.13. The summed E-state index contributed by atoms with van der Waals surface area (Å²) in [6.45, 7) is 2.63. The highest BCUT2D eigenvalue weighted by Gasteiger charge is 2.07. The van der Waals surface area contributed by atoms with Gasteiger partial charge < -0.3 is 5.73 Å². The molecule has 0 aliphatic carbocycles. The molecule has 0 unspecified atom stereocenters. The Kier molecular flexibility index (Phi) is 3.58. The summed E-state index contributed by atoms with van der Waals surface area (Å²) in [5, 5.41) is 3.02. The fourth-order valence-corrected chi connectivity index (χ4v) is 2.78. The predicted molar refractivity (Wildman–Crippen MR) is 83.4 cm³/mol. The van der Waals surface area contributed by atoms with Crippen molar-refractivity contribution in [3.05, 3.63) is 59.1 Å². The first-order chi connectivity index (χ1) is 9.76. The van der Waals surface area contributed by atoms with Gasteiger partial charge >= 0.3 is 0 Å². The molecule has 3 aromatic rings. The van der Waals surface area contributed by atoms with Crippen LogP contribution in [0.25, 0.3) is 22.0 Å². The minimum atomic E-state index is 0.565. The van der Waals surface area contributed by atoms with Crippen molar-refractivity contribution in [2.45, 2.75) is 13.5 Å². The van der Waals surface area contributed by atoms with Gasteiger partial charge in [-0.2, -0.15) is 0 Å². The van der Waals surface area contributed by atoms with Crippen molar-refractivity contribution in [3.63, 3.8) is 0 Å². The van der Waals surface area contributed by atoms with Crippen LogP contribution in [-0.4, -0.2) is 9.97 Å². The van der Waals surface area contributed by atoms with Gasteiger partial charge in [-0.1, -0.05) is 24.3 Å². The highest BCUT2D eigenvalue weighted by Crippen LogP contribution is 2.28. The molecule has 2 heterocycles. The Morgan fingerprint density at radius 2 is 1.90 bits per heavy atom. The van der Waals surface area contributed by atoms with Crippen molar-refractivity contribution in [1.82, 2.24) is 9.97 Å². The van der Waals surface area contributed by atoms with Crippen LogP contribution in [0.4, 0.5) is 0 Å². The van der Waals surface area contributed by atoms with Crippen molar-refractivity contribution in [2.75, 3.05) is 0 Å². The topological polar surface area (TPSA) is 51.8 Å². The maximum Gasteiger partial charge on any atom is 0.142 e. The number of pyridine rings is 1. The van der Waals surface area contributed by atoms with Crippen molar-refractivity contribution in [1.29, 1.82) is 0 Å². The largest absolute Gasteiger partial charge is 0.326 e. The molecule has 20 heavy (non-hydrogen) atoms. The number of nitrogens with two attached hydrogens (primary N) is 1. The minimum absolute atomic E-state index is 0.565. The van der Waals surface area contributed by atoms with E-state index in [1.807, 2.05) is 24.4 Å². The number of benzene rings is 1. The number of nitrogens with zero attached hydrogens (tertiary/aromatic N) is 2. The summed E-state index contributed by atoms with van der Waals surface area (Å²) in [4.78, 5) is 9.05. The monoisotopic (exact) mass is 281 g/mol. The van der Waals surface area contributed by atoms with E-state index in [1.54, 1.807) is 11.3 Å². The number of aryl methyl sites for hydroxylation is 1. The number of thiazole rings is 1. The molecule has 0 aliphatic rings. The lowest BCUT2D eigenvalue weighted by atomic mass is 10.1. The first-order valence-corrected chi connectivity index (χ1v) is 7.32. The molecule has 100 valence electrons. The van der Waals surface area contributed by atoms with Gasteiger partial charge in [0.25, 0.3) is 0 Å². The summed E-state index contributed by atoms with van der Waals surface area (Å²) < 4.78 is 0. The van der Waals surface area contributed by atoms with Gasteiger partial charge in [-0.3, -0.25) is 4.98 Å². The van der Waals surface area contributed by atoms with E-state index in [9.17, 15) is 0 Å². The molecular weight excluding hydrogens is 266 g/mol. The molecular formula is C16H15N3S. The van der Waals surface area contributed by atoms with Crippen LogP contribution in [0.3, 0.4) is 0 Å². The van der Waals surface area contributed by atoms with Crippen molar-refractivity contribution >= 4 is 11.3 Å². The molecule has 2 N–H and O–H groups in total. The average Bonchev–Trinajstić information content (AvgIpc) is 2.97. The Balaban J connectivity index is 1.93. The number of hydrogen-bond donors (Lipinski definition) is 1. The first kappa shape index (κ1) is 13.0. The predicted octanol–water partition coefficient (Wildman–Crippen LogP) is 3.64. The SMILES string of the molecule is Cc1ccnc(-c2nc(-c3ccc(CN)cc3)cs2)c1. The van der Waals surface area contributed by atoms with E-state index in [2.05, 4.69) is 40.5 Å². The van der Waals surface area contributed by atoms with Crippen LogP contribution >= 0.6 is 11.3 Å². The van der Waals surface area contributed by atoms with Crippen molar-refractivity contribution < 1.29 is 0 Å². The first-order valence-electron chi connectivity index (χ1n) is 6.44. The third-order valence-electron chi connectivity index (χ3n) is 3.12. The van der Waals surface area contributed by atoms with E-state index in [1.165, 1.54) is 5.56 Å². The zero-order valence-corrected chi connectivity index (χ0v) is 12.0. The van der Waals surface area contributed by atoms with Gasteiger partial charge in [-0.05, 0) is 30.2 Å². The zero-order valence-electron chi connectivity index (χ0n) is 11.2. The van der Waals surface area contributed by atoms with Gasteiger partial charge in [-0.15, -0.1) is 11.3 Å². The van der Waals surface area contributed by atoms with Crippen LogP contribution in [0.1, 0.15) is 11.1 Å². The second-order valence-electron chi connectivity index (χ2n) is 4.66. The van der Waals surface area contributed by atoms with E-state index in [0.717, 1.165) is 27.5 Å². The molecule has 3 rings (SSSR count). The molecule has 0 radical (unpaired) electrons. The van der Waals surface area contributed by atoms with Crippen LogP contribution in [0, 0.1) is 6.92 Å². The van der Waals surface area contributed by atoms with Crippen LogP contribution in [0.2, 0.25) is 0 Å². The highest BCUT2D eigenvalue weighted by atomic mass is 32.1. The summed E-state index contributed by atoms with van der Waals surface area (Å²) in [5.74, 6) is 0. The molecule has 0 spiro atoms. The summed E-state index contributed by atoms with van der Waals surface area (Å²) >= 11 is 1.62. The lowest BCUT2D eigenvalue weighted by Gasteiger charge is -1.99. The number of rotatable bonds is 3. The molecule has 0 aliphatic heterocycles. The standard InChI is InChI=1S/C16H15N3S/c1-11-6-7-18-14(8-11)16-19-15(10-20-16)13-4-2-12(9-17)3-5-13/h2-8,10H,9,17H2,1H3. The van der Waals surface area contributed by atoms with Crippen LogP contribution in [0.15, 0.2) is 48.0 Å². The molecule has 0 saturated carbocycles. The number of aromatic nitrogens is 2. The molecule has 3 nitrogen and oxygen atoms in total. The van der Waals surface area contributed by atoms with Gasteiger partial charge in [0, 0.05) is 23.7 Å². The van der Waals surface area contributed by atoms with Crippen LogP contribution in [-0.2, 0) is 6.54 Å². The van der Waals surface area contributed by atoms with E-state index < -0.39 is 0 Å². The molecule has 2 aromatic heterocycles. The smallest absolute Gasteiger partial charge is 0.142 e. The Hall–Kier alpha value is -2.04. The molecule has 0 saturated heterocycles. The quantitative estimate of drug-likeness (QED) is 0.797. The zero-order chi connectivity index (χ0) is 13.9. The molecule has 0 amide bonds. The second-order valence-corrected chi connectivity index (χ2v) is 5.52. The average molecular weight is 281 g/mol. The Bertz CT molecular complexity index is 717. The Morgan fingerprint density at radius 1 is 1.10 bits per heavy atom. The van der Waals surface area contributed by atoms with Crippen molar-refractivity contribution in [2.24, 2.45) is 5.73 Å². The van der Waals surface area contributed by atoms with Gasteiger partial charge in [0.15, 0.2) is 0 Å². The molecule has 0 fully saturated rings. The van der Waals surface area contributed by atoms with E-state index in [0.29, 0.717) is 6.54 Å². The lowest BCUT2D eigenvalue weighted by molar-refractivity contribution is 1.07. The lowest BCUT2D eigenvalue weighted by Crippen LogP contribution is -1.95. The number of hydrogen-bond acceptors (Lipinski definition) is 4. The fourth-order valence-electron chi connectivity index (χ4n) is 1.99. The normalized spacial score (nSPS) is 10.7. The third kappa shape index (κ3) is 2.61. The van der Waals surface area contributed by atoms with Crippen molar-refractivity contribution in [3.8, 4) is 22.0 Å². The van der Waals surface area contributed by atoms with Crippen LogP contribution < -0.4 is 5.73 Å². The van der Waals surface area contributed by atoms with Gasteiger partial charge in [0.2, 0.25) is 0 Å². The Labute approximate surface area is 122 Å². The van der Waals surface area contributed by atoms with E-state index in [4.69, 9.17) is 5.73 Å². The summed E-state index contributed by atoms with van der Waals surface area (Å²) in [7, 11) is 0.